The van der Waals surface area contributed by atoms with Crippen LogP contribution >= 0.6 is 0 Å². The van der Waals surface area contributed by atoms with Crippen molar-refractivity contribution in [3.05, 3.63) is 0 Å². The van der Waals surface area contributed by atoms with Gasteiger partial charge in [-0.1, -0.05) is 105 Å². The summed E-state index contributed by atoms with van der Waals surface area (Å²) in [6, 6.07) is 0. The lowest BCUT2D eigenvalue weighted by Crippen LogP contribution is -2.25. The summed E-state index contributed by atoms with van der Waals surface area (Å²) >= 11 is 0. The van der Waals surface area contributed by atoms with Crippen LogP contribution in [0.1, 0.15) is 137 Å². The Morgan fingerprint density at radius 1 is 0.633 bits per heavy atom. The maximum atomic E-state index is 12.4. The van der Waals surface area contributed by atoms with Crippen LogP contribution < -0.4 is 0 Å². The summed E-state index contributed by atoms with van der Waals surface area (Å²) in [5.41, 5.74) is 0. The lowest BCUT2D eigenvalue weighted by Gasteiger charge is -2.19. The molecule has 0 aromatic rings. The van der Waals surface area contributed by atoms with E-state index in [1.807, 2.05) is 0 Å². The third kappa shape index (κ3) is 18.2. The van der Waals surface area contributed by atoms with Gasteiger partial charge in [-0.05, 0) is 51.7 Å². The van der Waals surface area contributed by atoms with Gasteiger partial charge in [0.25, 0.3) is 0 Å². The van der Waals surface area contributed by atoms with Gasteiger partial charge in [0.05, 0.1) is 12.5 Å². The Balaban J connectivity index is 3.64. The molecule has 0 saturated heterocycles. The van der Waals surface area contributed by atoms with E-state index in [2.05, 4.69) is 32.6 Å². The normalized spacial score (nSPS) is 12.4. The molecule has 0 rings (SSSR count). The Bertz CT molecular complexity index is 359. The summed E-state index contributed by atoms with van der Waals surface area (Å²) in [5.74, 6) is 0.215. The zero-order valence-electron chi connectivity index (χ0n) is 21.2. The second-order valence-corrected chi connectivity index (χ2v) is 9.12. The Morgan fingerprint density at radius 3 is 1.80 bits per heavy atom. The van der Waals surface area contributed by atoms with Crippen molar-refractivity contribution in [2.24, 2.45) is 5.92 Å². The monoisotopic (exact) mass is 425 g/mol. The molecule has 0 aliphatic carbocycles. The first-order valence-electron chi connectivity index (χ1n) is 13.6. The van der Waals surface area contributed by atoms with E-state index in [0.29, 0.717) is 6.61 Å². The molecule has 0 bridgehead atoms. The highest BCUT2D eigenvalue weighted by Crippen LogP contribution is 2.19. The van der Waals surface area contributed by atoms with Crippen molar-refractivity contribution in [3.63, 3.8) is 0 Å². The Labute approximate surface area is 189 Å². The van der Waals surface area contributed by atoms with Crippen molar-refractivity contribution in [3.8, 4) is 0 Å². The minimum absolute atomic E-state index is 0.0733. The van der Waals surface area contributed by atoms with Gasteiger partial charge in [-0.15, -0.1) is 0 Å². The number of hydrogen-bond acceptors (Lipinski definition) is 3. The van der Waals surface area contributed by atoms with Crippen molar-refractivity contribution < 1.29 is 9.53 Å². The minimum atomic E-state index is 0.0733. The quantitative estimate of drug-likeness (QED) is 0.122. The third-order valence-corrected chi connectivity index (χ3v) is 6.25. The van der Waals surface area contributed by atoms with E-state index in [1.54, 1.807) is 0 Å². The molecule has 0 aromatic heterocycles. The van der Waals surface area contributed by atoms with Crippen LogP contribution in [0.25, 0.3) is 0 Å². The van der Waals surface area contributed by atoms with Crippen LogP contribution in [0, 0.1) is 5.92 Å². The number of carbonyl (C=O) groups is 1. The van der Waals surface area contributed by atoms with Gasteiger partial charge < -0.3 is 9.64 Å². The summed E-state index contributed by atoms with van der Waals surface area (Å²) < 4.78 is 5.63. The molecule has 0 saturated carbocycles. The Hall–Kier alpha value is -0.570. The molecule has 1 unspecified atom stereocenters. The summed E-state index contributed by atoms with van der Waals surface area (Å²) in [6.07, 6.45) is 20.8. The number of ether oxygens (including phenoxy) is 1. The molecule has 1 atom stereocenters. The first kappa shape index (κ1) is 29.4. The second-order valence-electron chi connectivity index (χ2n) is 9.12. The van der Waals surface area contributed by atoms with Gasteiger partial charge in [0.15, 0.2) is 0 Å². The Kier molecular flexibility index (Phi) is 22.7. The lowest BCUT2D eigenvalue weighted by molar-refractivity contribution is -0.149. The van der Waals surface area contributed by atoms with Gasteiger partial charge in [-0.2, -0.15) is 0 Å². The van der Waals surface area contributed by atoms with Crippen LogP contribution in [0.15, 0.2) is 0 Å². The summed E-state index contributed by atoms with van der Waals surface area (Å²) in [7, 11) is 0. The fraction of sp³-hybridized carbons (Fsp3) is 0.963. The zero-order chi connectivity index (χ0) is 22.3. The standard InChI is InChI=1S/C27H55NO2/c1-5-9-11-18-22-26(21-10-6-2)27(29)30-25-20-17-15-13-12-14-16-19-24-28(8-4)23-7-3/h26H,5-25H2,1-4H3. The average molecular weight is 426 g/mol. The molecule has 0 fully saturated rings. The van der Waals surface area contributed by atoms with E-state index in [1.165, 1.54) is 96.7 Å². The van der Waals surface area contributed by atoms with Gasteiger partial charge in [-0.25, -0.2) is 0 Å². The van der Waals surface area contributed by atoms with Gasteiger partial charge in [-0.3, -0.25) is 4.79 Å². The third-order valence-electron chi connectivity index (χ3n) is 6.25. The van der Waals surface area contributed by atoms with E-state index >= 15 is 0 Å². The second kappa shape index (κ2) is 23.1. The van der Waals surface area contributed by atoms with Crippen LogP contribution in [0.4, 0.5) is 0 Å². The number of nitrogens with zero attached hydrogens (tertiary/aromatic N) is 1. The molecule has 0 N–H and O–H groups in total. The lowest BCUT2D eigenvalue weighted by atomic mass is 9.95. The molecule has 0 amide bonds. The largest absolute Gasteiger partial charge is 0.465 e. The molecule has 180 valence electrons. The van der Waals surface area contributed by atoms with Gasteiger partial charge >= 0.3 is 5.97 Å². The van der Waals surface area contributed by atoms with Crippen LogP contribution in [0.3, 0.4) is 0 Å². The first-order valence-corrected chi connectivity index (χ1v) is 13.6. The minimum Gasteiger partial charge on any atom is -0.465 e. The highest BCUT2D eigenvalue weighted by atomic mass is 16.5. The van der Waals surface area contributed by atoms with Gasteiger partial charge in [0, 0.05) is 0 Å². The van der Waals surface area contributed by atoms with Crippen LogP contribution in [0.5, 0.6) is 0 Å². The van der Waals surface area contributed by atoms with E-state index in [0.717, 1.165) is 32.1 Å². The van der Waals surface area contributed by atoms with Crippen LogP contribution in [-0.2, 0) is 9.53 Å². The maximum Gasteiger partial charge on any atom is 0.308 e. The van der Waals surface area contributed by atoms with Crippen LogP contribution in [0.2, 0.25) is 0 Å². The molecule has 3 heteroatoms. The summed E-state index contributed by atoms with van der Waals surface area (Å²) in [4.78, 5) is 15.0. The zero-order valence-corrected chi connectivity index (χ0v) is 21.2. The topological polar surface area (TPSA) is 29.5 Å². The fourth-order valence-corrected chi connectivity index (χ4v) is 4.18. The number of hydrogen-bond donors (Lipinski definition) is 0. The molecule has 0 aromatic carbocycles. The molecule has 0 aliphatic rings. The predicted octanol–water partition coefficient (Wildman–Crippen LogP) is 8.16. The molecule has 0 radical (unpaired) electrons. The maximum absolute atomic E-state index is 12.4. The van der Waals surface area contributed by atoms with Crippen LogP contribution in [-0.4, -0.2) is 37.1 Å². The molecule has 30 heavy (non-hydrogen) atoms. The average Bonchev–Trinajstić information content (AvgIpc) is 2.75. The summed E-state index contributed by atoms with van der Waals surface area (Å²) in [5, 5.41) is 0. The van der Waals surface area contributed by atoms with Crippen molar-refractivity contribution in [2.45, 2.75) is 137 Å². The highest BCUT2D eigenvalue weighted by molar-refractivity contribution is 5.72. The SMILES string of the molecule is CCCCCCC(CCCC)C(=O)OCCCCCCCCCCN(CC)CCC. The highest BCUT2D eigenvalue weighted by Gasteiger charge is 2.18. The Morgan fingerprint density at radius 2 is 1.20 bits per heavy atom. The van der Waals surface area contributed by atoms with E-state index in [9.17, 15) is 4.79 Å². The fourth-order valence-electron chi connectivity index (χ4n) is 4.18. The number of esters is 1. The smallest absolute Gasteiger partial charge is 0.308 e. The number of carbonyl (C=O) groups excluding carboxylic acids is 1. The van der Waals surface area contributed by atoms with Crippen molar-refractivity contribution in [2.75, 3.05) is 26.2 Å². The van der Waals surface area contributed by atoms with Gasteiger partial charge in [0.2, 0.25) is 0 Å². The van der Waals surface area contributed by atoms with E-state index in [4.69, 9.17) is 4.74 Å². The molecule has 0 heterocycles. The van der Waals surface area contributed by atoms with Crippen molar-refractivity contribution >= 4 is 5.97 Å². The molecular formula is C27H55NO2. The molecule has 0 spiro atoms. The summed E-state index contributed by atoms with van der Waals surface area (Å²) in [6.45, 7) is 13.3. The van der Waals surface area contributed by atoms with Gasteiger partial charge in [0.1, 0.15) is 0 Å². The molecular weight excluding hydrogens is 370 g/mol. The van der Waals surface area contributed by atoms with E-state index in [-0.39, 0.29) is 11.9 Å². The van der Waals surface area contributed by atoms with Crippen molar-refractivity contribution in [1.82, 2.24) is 4.90 Å². The van der Waals surface area contributed by atoms with E-state index < -0.39 is 0 Å². The predicted molar refractivity (Wildman–Crippen MR) is 132 cm³/mol. The number of rotatable bonds is 23. The first-order chi connectivity index (χ1) is 14.7. The molecule has 0 aliphatic heterocycles. The van der Waals surface area contributed by atoms with Crippen molar-refractivity contribution in [1.29, 1.82) is 0 Å². The molecule has 3 nitrogen and oxygen atoms in total. The number of unbranched alkanes of at least 4 members (excludes halogenated alkanes) is 11.